The summed E-state index contributed by atoms with van der Waals surface area (Å²) in [4.78, 5) is 29.8. The quantitative estimate of drug-likeness (QED) is 0.168. The maximum Gasteiger partial charge on any atom is 0.264 e. The Hall–Kier alpha value is -3.85. The summed E-state index contributed by atoms with van der Waals surface area (Å²) in [6.07, 6.45) is 0.228. The molecule has 0 aliphatic carbocycles. The van der Waals surface area contributed by atoms with Gasteiger partial charge in [0.2, 0.25) is 11.8 Å². The number of nitrogens with zero attached hydrogens (tertiary/aromatic N) is 2. The highest BCUT2D eigenvalue weighted by molar-refractivity contribution is 7.92. The van der Waals surface area contributed by atoms with Crippen molar-refractivity contribution in [3.63, 3.8) is 0 Å². The number of carbonyl (C=O) groups is 2. The summed E-state index contributed by atoms with van der Waals surface area (Å²) < 4.78 is 29.2. The molecule has 0 unspecified atom stereocenters. The van der Waals surface area contributed by atoms with E-state index in [9.17, 15) is 18.0 Å². The van der Waals surface area contributed by atoms with Gasteiger partial charge < -0.3 is 10.2 Å². The van der Waals surface area contributed by atoms with Gasteiger partial charge in [-0.15, -0.1) is 0 Å². The van der Waals surface area contributed by atoms with Gasteiger partial charge in [0.1, 0.15) is 12.6 Å². The van der Waals surface area contributed by atoms with E-state index >= 15 is 0 Å². The first-order valence-electron chi connectivity index (χ1n) is 14.7. The molecule has 4 rings (SSSR count). The van der Waals surface area contributed by atoms with Crippen molar-refractivity contribution in [1.29, 1.82) is 0 Å². The number of rotatable bonds is 13. The molecule has 2 amide bonds. The summed E-state index contributed by atoms with van der Waals surface area (Å²) >= 11 is 12.9. The zero-order valence-corrected chi connectivity index (χ0v) is 27.8. The Balaban J connectivity index is 1.82. The van der Waals surface area contributed by atoms with Gasteiger partial charge in [-0.3, -0.25) is 13.9 Å². The van der Waals surface area contributed by atoms with Crippen LogP contribution >= 0.6 is 23.2 Å². The molecule has 0 fully saturated rings. The second-order valence-electron chi connectivity index (χ2n) is 11.2. The van der Waals surface area contributed by atoms with Crippen molar-refractivity contribution in [2.75, 3.05) is 17.4 Å². The normalized spacial score (nSPS) is 12.0. The van der Waals surface area contributed by atoms with Gasteiger partial charge in [0, 0.05) is 19.5 Å². The predicted molar refractivity (Wildman–Crippen MR) is 181 cm³/mol. The van der Waals surface area contributed by atoms with Crippen LogP contribution in [0.1, 0.15) is 30.5 Å². The molecule has 1 atom stereocenters. The summed E-state index contributed by atoms with van der Waals surface area (Å²) in [5.41, 5.74) is 2.75. The van der Waals surface area contributed by atoms with E-state index < -0.39 is 28.5 Å². The summed E-state index contributed by atoms with van der Waals surface area (Å²) in [5.74, 6) is -0.720. The smallest absolute Gasteiger partial charge is 0.264 e. The minimum absolute atomic E-state index is 0.00734. The van der Waals surface area contributed by atoms with Crippen LogP contribution in [-0.2, 0) is 32.6 Å². The first kappa shape index (κ1) is 34.0. The van der Waals surface area contributed by atoms with E-state index in [-0.39, 0.29) is 45.4 Å². The highest BCUT2D eigenvalue weighted by Gasteiger charge is 2.35. The molecule has 1 N–H and O–H groups in total. The molecule has 0 heterocycles. The fraction of sp³-hybridized carbons (Fsp3) is 0.257. The van der Waals surface area contributed by atoms with Gasteiger partial charge in [0.15, 0.2) is 0 Å². The van der Waals surface area contributed by atoms with E-state index in [2.05, 4.69) is 5.32 Å². The van der Waals surface area contributed by atoms with E-state index in [0.717, 1.165) is 21.0 Å². The molecule has 0 spiro atoms. The van der Waals surface area contributed by atoms with Crippen LogP contribution in [0.15, 0.2) is 108 Å². The minimum Gasteiger partial charge on any atom is -0.354 e. The molecule has 7 nitrogen and oxygen atoms in total. The molecular weight excluding hydrogens is 629 g/mol. The largest absolute Gasteiger partial charge is 0.354 e. The van der Waals surface area contributed by atoms with Crippen molar-refractivity contribution in [2.45, 2.75) is 44.7 Å². The van der Waals surface area contributed by atoms with Crippen LogP contribution in [0.2, 0.25) is 10.0 Å². The molecule has 0 saturated carbocycles. The van der Waals surface area contributed by atoms with Crippen molar-refractivity contribution in [1.82, 2.24) is 10.2 Å². The third-order valence-electron chi connectivity index (χ3n) is 7.24. The van der Waals surface area contributed by atoms with Gasteiger partial charge >= 0.3 is 0 Å². The van der Waals surface area contributed by atoms with Gasteiger partial charge in [-0.05, 0) is 48.2 Å². The lowest BCUT2D eigenvalue weighted by Gasteiger charge is -2.34. The van der Waals surface area contributed by atoms with Gasteiger partial charge in [-0.1, -0.05) is 121 Å². The van der Waals surface area contributed by atoms with Gasteiger partial charge in [-0.2, -0.15) is 0 Å². The molecule has 4 aromatic carbocycles. The number of anilines is 1. The second kappa shape index (κ2) is 15.4. The number of benzene rings is 4. The van der Waals surface area contributed by atoms with Crippen LogP contribution in [0.3, 0.4) is 0 Å². The molecule has 0 bridgehead atoms. The molecule has 0 aliphatic heterocycles. The van der Waals surface area contributed by atoms with E-state index in [1.54, 1.807) is 30.3 Å². The zero-order chi connectivity index (χ0) is 32.6. The predicted octanol–water partition coefficient (Wildman–Crippen LogP) is 6.91. The summed E-state index contributed by atoms with van der Waals surface area (Å²) in [6.45, 7) is 5.82. The zero-order valence-electron chi connectivity index (χ0n) is 25.5. The Labute approximate surface area is 275 Å². The lowest BCUT2D eigenvalue weighted by atomic mass is 10.0. The lowest BCUT2D eigenvalue weighted by Crippen LogP contribution is -2.53. The Morgan fingerprint density at radius 2 is 1.42 bits per heavy atom. The van der Waals surface area contributed by atoms with E-state index in [0.29, 0.717) is 6.54 Å². The number of hydrogen-bond acceptors (Lipinski definition) is 4. The summed E-state index contributed by atoms with van der Waals surface area (Å²) in [7, 11) is -4.28. The minimum atomic E-state index is -4.28. The van der Waals surface area contributed by atoms with Gasteiger partial charge in [0.25, 0.3) is 10.0 Å². The molecule has 236 valence electrons. The average molecular weight is 667 g/mol. The standard InChI is InChI=1S/C35H37Cl2N3O4S/c1-25(2)22-38-35(42)32(21-27-11-6-4-7-12-27)39(23-28-19-17-26(3)18-20-28)33(41)24-40(31-16-10-15-30(36)34(31)37)45(43,44)29-13-8-5-9-14-29/h4-20,25,32H,21-24H2,1-3H3,(H,38,42)/t32-/m1/s1. The molecule has 0 aromatic heterocycles. The number of nitrogens with one attached hydrogen (secondary N) is 1. The number of halogens is 2. The van der Waals surface area contributed by atoms with Crippen molar-refractivity contribution >= 4 is 50.7 Å². The van der Waals surface area contributed by atoms with Gasteiger partial charge in [-0.25, -0.2) is 8.42 Å². The molecule has 4 aromatic rings. The van der Waals surface area contributed by atoms with Crippen molar-refractivity contribution in [3.8, 4) is 0 Å². The maximum absolute atomic E-state index is 14.5. The Morgan fingerprint density at radius 1 is 0.800 bits per heavy atom. The topological polar surface area (TPSA) is 86.8 Å². The first-order valence-corrected chi connectivity index (χ1v) is 16.9. The van der Waals surface area contributed by atoms with Crippen LogP contribution in [0.5, 0.6) is 0 Å². The molecule has 0 aliphatic rings. The second-order valence-corrected chi connectivity index (χ2v) is 13.9. The molecule has 45 heavy (non-hydrogen) atoms. The van der Waals surface area contributed by atoms with Crippen molar-refractivity contribution in [2.24, 2.45) is 5.92 Å². The average Bonchev–Trinajstić information content (AvgIpc) is 3.03. The van der Waals surface area contributed by atoms with Crippen LogP contribution in [0, 0.1) is 12.8 Å². The van der Waals surface area contributed by atoms with Crippen LogP contribution in [0.4, 0.5) is 5.69 Å². The fourth-order valence-corrected chi connectivity index (χ4v) is 6.68. The highest BCUT2D eigenvalue weighted by atomic mass is 35.5. The van der Waals surface area contributed by atoms with Crippen molar-refractivity contribution in [3.05, 3.63) is 130 Å². The first-order chi connectivity index (χ1) is 21.5. The SMILES string of the molecule is Cc1ccc(CN(C(=O)CN(c2cccc(Cl)c2Cl)S(=O)(=O)c2ccccc2)[C@H](Cc2ccccc2)C(=O)NCC(C)C)cc1. The van der Waals surface area contributed by atoms with E-state index in [1.807, 2.05) is 75.4 Å². The molecule has 0 radical (unpaired) electrons. The summed E-state index contributed by atoms with van der Waals surface area (Å²) in [5, 5.41) is 3.12. The molecule has 10 heteroatoms. The lowest BCUT2D eigenvalue weighted by molar-refractivity contribution is -0.140. The number of sulfonamides is 1. The Morgan fingerprint density at radius 3 is 2.04 bits per heavy atom. The van der Waals surface area contributed by atoms with Crippen LogP contribution < -0.4 is 9.62 Å². The van der Waals surface area contributed by atoms with Crippen LogP contribution in [-0.4, -0.2) is 44.3 Å². The van der Waals surface area contributed by atoms with Crippen LogP contribution in [0.25, 0.3) is 0 Å². The fourth-order valence-electron chi connectivity index (χ4n) is 4.78. The maximum atomic E-state index is 14.5. The Kier molecular flexibility index (Phi) is 11.7. The van der Waals surface area contributed by atoms with Crippen molar-refractivity contribution < 1.29 is 18.0 Å². The monoisotopic (exact) mass is 665 g/mol. The molecular formula is C35H37Cl2N3O4S. The number of hydrogen-bond donors (Lipinski definition) is 1. The third-order valence-corrected chi connectivity index (χ3v) is 9.82. The summed E-state index contributed by atoms with van der Waals surface area (Å²) in [6, 6.07) is 28.6. The van der Waals surface area contributed by atoms with Gasteiger partial charge in [0.05, 0.1) is 20.6 Å². The Bertz CT molecular complexity index is 1700. The van der Waals surface area contributed by atoms with E-state index in [4.69, 9.17) is 23.2 Å². The number of carbonyl (C=O) groups excluding carboxylic acids is 2. The number of aryl methyl sites for hydroxylation is 1. The third kappa shape index (κ3) is 8.87. The number of amides is 2. The van der Waals surface area contributed by atoms with E-state index in [1.165, 1.54) is 23.1 Å². The molecule has 0 saturated heterocycles. The highest BCUT2D eigenvalue weighted by Crippen LogP contribution is 2.35.